The van der Waals surface area contributed by atoms with E-state index in [1.807, 2.05) is 25.1 Å². The lowest BCUT2D eigenvalue weighted by Gasteiger charge is -2.18. The number of fused-ring (bicyclic) bond motifs is 1. The molecule has 0 unspecified atom stereocenters. The van der Waals surface area contributed by atoms with Gasteiger partial charge in [0.1, 0.15) is 11.6 Å². The fourth-order valence-electron chi connectivity index (χ4n) is 3.42. The van der Waals surface area contributed by atoms with Crippen molar-refractivity contribution in [3.63, 3.8) is 0 Å². The van der Waals surface area contributed by atoms with E-state index < -0.39 is 0 Å². The third-order valence-electron chi connectivity index (χ3n) is 4.62. The summed E-state index contributed by atoms with van der Waals surface area (Å²) >= 11 is 0. The summed E-state index contributed by atoms with van der Waals surface area (Å²) in [5, 5.41) is 0. The van der Waals surface area contributed by atoms with Crippen molar-refractivity contribution in [1.82, 2.24) is 14.9 Å². The van der Waals surface area contributed by atoms with Gasteiger partial charge in [-0.15, -0.1) is 0 Å². The summed E-state index contributed by atoms with van der Waals surface area (Å²) in [6, 6.07) is 14.5. The maximum atomic E-state index is 5.84. The molecule has 2 aromatic carbocycles. The molecule has 0 spiro atoms. The third-order valence-corrected chi connectivity index (χ3v) is 4.62. The molecule has 4 nitrogen and oxygen atoms in total. The van der Waals surface area contributed by atoms with E-state index in [9.17, 15) is 0 Å². The van der Waals surface area contributed by atoms with Gasteiger partial charge in [0.25, 0.3) is 0 Å². The maximum absolute atomic E-state index is 5.84. The van der Waals surface area contributed by atoms with Crippen molar-refractivity contribution in [3.8, 4) is 17.1 Å². The number of benzene rings is 2. The van der Waals surface area contributed by atoms with Crippen LogP contribution in [0.4, 0.5) is 0 Å². The Labute approximate surface area is 142 Å². The van der Waals surface area contributed by atoms with Crippen LogP contribution in [0, 0.1) is 0 Å². The van der Waals surface area contributed by atoms with Crippen LogP contribution in [0.1, 0.15) is 25.3 Å². The fourth-order valence-corrected chi connectivity index (χ4v) is 3.42. The molecule has 24 heavy (non-hydrogen) atoms. The molecular formula is C20H23N3O. The Bertz CT molecular complexity index is 801. The van der Waals surface area contributed by atoms with Crippen LogP contribution >= 0.6 is 0 Å². The number of H-pyrrole nitrogens is 1. The van der Waals surface area contributed by atoms with Gasteiger partial charge in [-0.1, -0.05) is 12.1 Å². The Kier molecular flexibility index (Phi) is 4.22. The minimum atomic E-state index is 0.691. The van der Waals surface area contributed by atoms with E-state index in [4.69, 9.17) is 9.72 Å². The van der Waals surface area contributed by atoms with Crippen LogP contribution in [-0.2, 0) is 6.54 Å². The van der Waals surface area contributed by atoms with Gasteiger partial charge in [0.15, 0.2) is 0 Å². The molecule has 1 saturated heterocycles. The molecule has 0 radical (unpaired) electrons. The molecule has 3 aromatic rings. The van der Waals surface area contributed by atoms with Crippen LogP contribution in [0.15, 0.2) is 42.5 Å². The number of hydrogen-bond acceptors (Lipinski definition) is 3. The van der Waals surface area contributed by atoms with Gasteiger partial charge in [0.05, 0.1) is 17.6 Å². The summed E-state index contributed by atoms with van der Waals surface area (Å²) in [5.74, 6) is 1.91. The van der Waals surface area contributed by atoms with Crippen molar-refractivity contribution in [2.45, 2.75) is 26.3 Å². The smallest absolute Gasteiger partial charge is 0.138 e. The molecule has 0 aliphatic carbocycles. The van der Waals surface area contributed by atoms with Crippen molar-refractivity contribution in [1.29, 1.82) is 0 Å². The van der Waals surface area contributed by atoms with Gasteiger partial charge in [0, 0.05) is 17.7 Å². The Morgan fingerprint density at radius 2 is 1.96 bits per heavy atom. The molecule has 1 aliphatic heterocycles. The van der Waals surface area contributed by atoms with Crippen molar-refractivity contribution in [2.75, 3.05) is 19.7 Å². The first-order chi connectivity index (χ1) is 11.8. The number of nitrogens with one attached hydrogen (secondary N) is 1. The van der Waals surface area contributed by atoms with E-state index in [1.54, 1.807) is 0 Å². The number of aromatic amines is 1. The van der Waals surface area contributed by atoms with Crippen molar-refractivity contribution >= 4 is 11.0 Å². The summed E-state index contributed by atoms with van der Waals surface area (Å²) in [6.07, 6.45) is 2.60. The molecule has 0 atom stereocenters. The zero-order valence-electron chi connectivity index (χ0n) is 14.1. The molecule has 4 rings (SSSR count). The molecule has 0 amide bonds. The minimum absolute atomic E-state index is 0.691. The third kappa shape index (κ3) is 3.02. The van der Waals surface area contributed by atoms with E-state index in [2.05, 4.69) is 34.1 Å². The standard InChI is InChI=1S/C20H23N3O/c1-2-24-19-10-9-15(13-16(19)14-23-11-5-6-12-23)20-21-17-7-3-4-8-18(17)22-20/h3-4,7-10,13H,2,5-6,11-12,14H2,1H3,(H,21,22). The van der Waals surface area contributed by atoms with Crippen molar-refractivity contribution < 1.29 is 4.74 Å². The molecule has 4 heteroatoms. The quantitative estimate of drug-likeness (QED) is 0.765. The van der Waals surface area contributed by atoms with Gasteiger partial charge in [-0.05, 0) is 63.2 Å². The highest BCUT2D eigenvalue weighted by Gasteiger charge is 2.16. The van der Waals surface area contributed by atoms with Gasteiger partial charge < -0.3 is 9.72 Å². The highest BCUT2D eigenvalue weighted by atomic mass is 16.5. The lowest BCUT2D eigenvalue weighted by Crippen LogP contribution is -2.19. The first-order valence-corrected chi connectivity index (χ1v) is 8.76. The average molecular weight is 321 g/mol. The fraction of sp³-hybridized carbons (Fsp3) is 0.350. The number of nitrogens with zero attached hydrogens (tertiary/aromatic N) is 2. The first-order valence-electron chi connectivity index (χ1n) is 8.76. The first kappa shape index (κ1) is 15.2. The molecule has 124 valence electrons. The SMILES string of the molecule is CCOc1ccc(-c2nc3ccccc3[nH]2)cc1CN1CCCC1. The Hall–Kier alpha value is -2.33. The van der Waals surface area contributed by atoms with Gasteiger partial charge >= 0.3 is 0 Å². The van der Waals surface area contributed by atoms with E-state index in [0.717, 1.165) is 34.7 Å². The number of para-hydroxylation sites is 2. The van der Waals surface area contributed by atoms with Crippen molar-refractivity contribution in [2.24, 2.45) is 0 Å². The predicted octanol–water partition coefficient (Wildman–Crippen LogP) is 4.22. The van der Waals surface area contributed by atoms with E-state index in [0.29, 0.717) is 6.61 Å². The van der Waals surface area contributed by atoms with Crippen LogP contribution in [-0.4, -0.2) is 34.6 Å². The summed E-state index contributed by atoms with van der Waals surface area (Å²) in [6.45, 7) is 6.04. The predicted molar refractivity (Wildman–Crippen MR) is 97.2 cm³/mol. The highest BCUT2D eigenvalue weighted by Crippen LogP contribution is 2.28. The number of rotatable bonds is 5. The zero-order chi connectivity index (χ0) is 16.4. The number of hydrogen-bond donors (Lipinski definition) is 1. The highest BCUT2D eigenvalue weighted by molar-refractivity contribution is 5.79. The molecule has 0 saturated carbocycles. The Balaban J connectivity index is 1.69. The maximum Gasteiger partial charge on any atom is 0.138 e. The number of likely N-dealkylation sites (tertiary alicyclic amines) is 1. The average Bonchev–Trinajstić information content (AvgIpc) is 3.25. The molecule has 0 bridgehead atoms. The van der Waals surface area contributed by atoms with Crippen molar-refractivity contribution in [3.05, 3.63) is 48.0 Å². The van der Waals surface area contributed by atoms with E-state index in [-0.39, 0.29) is 0 Å². The number of ether oxygens (including phenoxy) is 1. The monoisotopic (exact) mass is 321 g/mol. The number of imidazole rings is 1. The molecule has 2 heterocycles. The number of aromatic nitrogens is 2. The summed E-state index contributed by atoms with van der Waals surface area (Å²) in [7, 11) is 0. The summed E-state index contributed by atoms with van der Waals surface area (Å²) in [4.78, 5) is 10.6. The second-order valence-electron chi connectivity index (χ2n) is 6.34. The van der Waals surface area contributed by atoms with Gasteiger partial charge in [0.2, 0.25) is 0 Å². The minimum Gasteiger partial charge on any atom is -0.494 e. The van der Waals surface area contributed by atoms with Gasteiger partial charge in [-0.3, -0.25) is 4.90 Å². The zero-order valence-corrected chi connectivity index (χ0v) is 14.1. The molecule has 1 N–H and O–H groups in total. The lowest BCUT2D eigenvalue weighted by molar-refractivity contribution is 0.305. The Morgan fingerprint density at radius 1 is 1.12 bits per heavy atom. The molecule has 1 aliphatic rings. The van der Waals surface area contributed by atoms with Crippen LogP contribution in [0.2, 0.25) is 0 Å². The van der Waals surface area contributed by atoms with E-state index in [1.165, 1.54) is 31.5 Å². The lowest BCUT2D eigenvalue weighted by atomic mass is 10.1. The van der Waals surface area contributed by atoms with E-state index >= 15 is 0 Å². The summed E-state index contributed by atoms with van der Waals surface area (Å²) in [5.41, 5.74) is 4.44. The molecule has 1 aromatic heterocycles. The van der Waals surface area contributed by atoms with Crippen LogP contribution in [0.5, 0.6) is 5.75 Å². The van der Waals surface area contributed by atoms with Gasteiger partial charge in [-0.2, -0.15) is 0 Å². The normalized spacial score (nSPS) is 15.2. The van der Waals surface area contributed by atoms with Crippen LogP contribution in [0.25, 0.3) is 22.4 Å². The Morgan fingerprint density at radius 3 is 2.75 bits per heavy atom. The van der Waals surface area contributed by atoms with Gasteiger partial charge in [-0.25, -0.2) is 4.98 Å². The molecular weight excluding hydrogens is 298 g/mol. The second kappa shape index (κ2) is 6.65. The largest absolute Gasteiger partial charge is 0.494 e. The van der Waals surface area contributed by atoms with Crippen LogP contribution in [0.3, 0.4) is 0 Å². The summed E-state index contributed by atoms with van der Waals surface area (Å²) < 4.78 is 5.84. The second-order valence-corrected chi connectivity index (χ2v) is 6.34. The topological polar surface area (TPSA) is 41.1 Å². The van der Waals surface area contributed by atoms with Crippen LogP contribution < -0.4 is 4.74 Å². The molecule has 1 fully saturated rings.